The minimum Gasteiger partial charge on any atom is -0.480 e. The van der Waals surface area contributed by atoms with E-state index in [4.69, 9.17) is 5.11 Å². The molecular formula is C9H17NO3. The molecule has 1 N–H and O–H groups in total. The van der Waals surface area contributed by atoms with Crippen molar-refractivity contribution in [1.82, 2.24) is 4.90 Å². The molecule has 0 aromatic rings. The van der Waals surface area contributed by atoms with E-state index in [0.29, 0.717) is 6.41 Å². The fourth-order valence-corrected chi connectivity index (χ4v) is 1.27. The number of hydrogen-bond acceptors (Lipinski definition) is 2. The monoisotopic (exact) mass is 187 g/mol. The van der Waals surface area contributed by atoms with E-state index in [1.54, 1.807) is 27.7 Å². The van der Waals surface area contributed by atoms with Crippen LogP contribution in [-0.4, -0.2) is 34.5 Å². The van der Waals surface area contributed by atoms with E-state index in [0.717, 1.165) is 0 Å². The average molecular weight is 187 g/mol. The summed E-state index contributed by atoms with van der Waals surface area (Å²) in [5, 5.41) is 8.89. The van der Waals surface area contributed by atoms with Crippen LogP contribution in [-0.2, 0) is 9.59 Å². The lowest BCUT2D eigenvalue weighted by Gasteiger charge is -2.31. The summed E-state index contributed by atoms with van der Waals surface area (Å²) in [6.07, 6.45) is 0.601. The van der Waals surface area contributed by atoms with Crippen molar-refractivity contribution < 1.29 is 14.7 Å². The lowest BCUT2D eigenvalue weighted by Crippen LogP contribution is -2.47. The first-order valence-corrected chi connectivity index (χ1v) is 4.37. The minimum absolute atomic E-state index is 0.0786. The zero-order valence-corrected chi connectivity index (χ0v) is 8.52. The summed E-state index contributed by atoms with van der Waals surface area (Å²) < 4.78 is 0. The van der Waals surface area contributed by atoms with E-state index in [1.807, 2.05) is 0 Å². The van der Waals surface area contributed by atoms with Crippen molar-refractivity contribution in [3.05, 3.63) is 0 Å². The molecule has 0 bridgehead atoms. The van der Waals surface area contributed by atoms with Crippen LogP contribution in [0.4, 0.5) is 0 Å². The van der Waals surface area contributed by atoms with Gasteiger partial charge >= 0.3 is 5.97 Å². The Bertz CT molecular complexity index is 189. The Morgan fingerprint density at radius 1 is 1.31 bits per heavy atom. The maximum atomic E-state index is 10.8. The highest BCUT2D eigenvalue weighted by Crippen LogP contribution is 2.12. The van der Waals surface area contributed by atoms with Gasteiger partial charge in [-0.3, -0.25) is 4.79 Å². The van der Waals surface area contributed by atoms with E-state index in [-0.39, 0.29) is 12.0 Å². The summed E-state index contributed by atoms with van der Waals surface area (Å²) in [4.78, 5) is 22.8. The zero-order chi connectivity index (χ0) is 10.6. The van der Waals surface area contributed by atoms with Crippen LogP contribution in [0.25, 0.3) is 0 Å². The molecule has 0 aliphatic rings. The fourth-order valence-electron chi connectivity index (χ4n) is 1.27. The van der Waals surface area contributed by atoms with Crippen LogP contribution in [0, 0.1) is 5.92 Å². The molecule has 0 aromatic heterocycles. The molecule has 0 radical (unpaired) electrons. The van der Waals surface area contributed by atoms with Gasteiger partial charge in [0, 0.05) is 6.04 Å². The number of amides is 1. The van der Waals surface area contributed by atoms with Gasteiger partial charge in [-0.05, 0) is 19.8 Å². The fraction of sp³-hybridized carbons (Fsp3) is 0.778. The normalized spacial score (nSPS) is 13.1. The van der Waals surface area contributed by atoms with Gasteiger partial charge in [0.15, 0.2) is 0 Å². The van der Waals surface area contributed by atoms with Crippen LogP contribution in [0.5, 0.6) is 0 Å². The Hall–Kier alpha value is -1.06. The van der Waals surface area contributed by atoms with E-state index < -0.39 is 12.0 Å². The first kappa shape index (κ1) is 11.9. The first-order valence-electron chi connectivity index (χ1n) is 4.37. The molecule has 0 aromatic carbocycles. The lowest BCUT2D eigenvalue weighted by atomic mass is 10.0. The summed E-state index contributed by atoms with van der Waals surface area (Å²) >= 11 is 0. The van der Waals surface area contributed by atoms with Crippen LogP contribution in [0.15, 0.2) is 0 Å². The van der Waals surface area contributed by atoms with Gasteiger partial charge in [-0.25, -0.2) is 4.79 Å². The van der Waals surface area contributed by atoms with Crippen LogP contribution >= 0.6 is 0 Å². The molecule has 0 spiro atoms. The molecule has 13 heavy (non-hydrogen) atoms. The molecule has 0 saturated heterocycles. The topological polar surface area (TPSA) is 57.6 Å². The molecule has 1 unspecified atom stereocenters. The average Bonchev–Trinajstić information content (AvgIpc) is 1.97. The standard InChI is InChI=1S/C9H17NO3/c1-6(2)8(9(12)13)10(5-11)7(3)4/h5-8H,1-4H3,(H,12,13). The molecule has 0 saturated carbocycles. The van der Waals surface area contributed by atoms with Crippen LogP contribution in [0.3, 0.4) is 0 Å². The van der Waals surface area contributed by atoms with Gasteiger partial charge in [-0.2, -0.15) is 0 Å². The first-order chi connectivity index (χ1) is 5.91. The highest BCUT2D eigenvalue weighted by atomic mass is 16.4. The molecule has 0 fully saturated rings. The predicted molar refractivity (Wildman–Crippen MR) is 49.3 cm³/mol. The number of carboxylic acids is 1. The molecular weight excluding hydrogens is 170 g/mol. The quantitative estimate of drug-likeness (QED) is 0.652. The Balaban J connectivity index is 4.69. The minimum atomic E-state index is -0.948. The smallest absolute Gasteiger partial charge is 0.326 e. The SMILES string of the molecule is CC(C)C(C(=O)O)N(C=O)C(C)C. The number of carbonyl (C=O) groups excluding carboxylic acids is 1. The number of aliphatic carboxylic acids is 1. The highest BCUT2D eigenvalue weighted by molar-refractivity contribution is 5.76. The van der Waals surface area contributed by atoms with Crippen molar-refractivity contribution in [2.75, 3.05) is 0 Å². The maximum Gasteiger partial charge on any atom is 0.326 e. The molecule has 76 valence electrons. The van der Waals surface area contributed by atoms with Gasteiger partial charge in [0.25, 0.3) is 0 Å². The van der Waals surface area contributed by atoms with Crippen LogP contribution < -0.4 is 0 Å². The summed E-state index contributed by atoms with van der Waals surface area (Å²) in [5.74, 6) is -1.03. The summed E-state index contributed by atoms with van der Waals surface area (Å²) in [7, 11) is 0. The molecule has 1 atom stereocenters. The van der Waals surface area contributed by atoms with Gasteiger partial charge in [0.1, 0.15) is 6.04 Å². The second-order valence-electron chi connectivity index (χ2n) is 3.67. The van der Waals surface area contributed by atoms with E-state index in [1.165, 1.54) is 4.90 Å². The molecule has 4 heteroatoms. The third-order valence-electron chi connectivity index (χ3n) is 1.92. The van der Waals surface area contributed by atoms with Gasteiger partial charge < -0.3 is 10.0 Å². The predicted octanol–water partition coefficient (Wildman–Crippen LogP) is 0.962. The molecule has 0 heterocycles. The number of hydrogen-bond donors (Lipinski definition) is 1. The van der Waals surface area contributed by atoms with Crippen molar-refractivity contribution in [2.45, 2.75) is 39.8 Å². The second kappa shape index (κ2) is 4.84. The summed E-state index contributed by atoms with van der Waals surface area (Å²) in [5.41, 5.74) is 0. The number of rotatable bonds is 5. The van der Waals surface area contributed by atoms with E-state index in [2.05, 4.69) is 0 Å². The molecule has 0 aliphatic heterocycles. The second-order valence-corrected chi connectivity index (χ2v) is 3.67. The van der Waals surface area contributed by atoms with Gasteiger partial charge in [-0.1, -0.05) is 13.8 Å². The maximum absolute atomic E-state index is 10.8. The van der Waals surface area contributed by atoms with Gasteiger partial charge in [0.2, 0.25) is 6.41 Å². The largest absolute Gasteiger partial charge is 0.480 e. The number of carbonyl (C=O) groups is 2. The third kappa shape index (κ3) is 3.05. The number of carboxylic acid groups (broad SMARTS) is 1. The zero-order valence-electron chi connectivity index (χ0n) is 8.52. The van der Waals surface area contributed by atoms with Crippen LogP contribution in [0.2, 0.25) is 0 Å². The summed E-state index contributed by atoms with van der Waals surface area (Å²) in [6, 6.07) is -0.807. The van der Waals surface area contributed by atoms with Gasteiger partial charge in [-0.15, -0.1) is 0 Å². The Labute approximate surface area is 78.5 Å². The van der Waals surface area contributed by atoms with E-state index in [9.17, 15) is 9.59 Å². The Morgan fingerprint density at radius 3 is 1.85 bits per heavy atom. The van der Waals surface area contributed by atoms with Crippen molar-refractivity contribution in [1.29, 1.82) is 0 Å². The molecule has 1 amide bonds. The van der Waals surface area contributed by atoms with E-state index >= 15 is 0 Å². The molecule has 0 rings (SSSR count). The van der Waals surface area contributed by atoms with Crippen molar-refractivity contribution >= 4 is 12.4 Å². The number of nitrogens with zero attached hydrogens (tertiary/aromatic N) is 1. The van der Waals surface area contributed by atoms with Crippen LogP contribution in [0.1, 0.15) is 27.7 Å². The molecule has 4 nitrogen and oxygen atoms in total. The highest BCUT2D eigenvalue weighted by Gasteiger charge is 2.29. The van der Waals surface area contributed by atoms with Crippen molar-refractivity contribution in [3.63, 3.8) is 0 Å². The third-order valence-corrected chi connectivity index (χ3v) is 1.92. The van der Waals surface area contributed by atoms with Crippen molar-refractivity contribution in [2.24, 2.45) is 5.92 Å². The van der Waals surface area contributed by atoms with Gasteiger partial charge in [0.05, 0.1) is 0 Å². The van der Waals surface area contributed by atoms with Crippen molar-refractivity contribution in [3.8, 4) is 0 Å². The lowest BCUT2D eigenvalue weighted by molar-refractivity contribution is -0.149. The molecule has 0 aliphatic carbocycles. The summed E-state index contributed by atoms with van der Waals surface area (Å²) in [6.45, 7) is 7.18. The Morgan fingerprint density at radius 2 is 1.77 bits per heavy atom. The Kier molecular flexibility index (Phi) is 4.45.